The molecule has 1 unspecified atom stereocenters. The van der Waals surface area contributed by atoms with Crippen LogP contribution < -0.4 is 0 Å². The Morgan fingerprint density at radius 2 is 2.20 bits per heavy atom. The van der Waals surface area contributed by atoms with Gasteiger partial charge in [-0.15, -0.1) is 0 Å². The van der Waals surface area contributed by atoms with E-state index in [4.69, 9.17) is 5.11 Å². The van der Waals surface area contributed by atoms with E-state index >= 15 is 0 Å². The van der Waals surface area contributed by atoms with Gasteiger partial charge in [0.2, 0.25) is 6.29 Å². The molecule has 3 nitrogen and oxygen atoms in total. The number of carbonyl (C=O) groups excluding carboxylic acids is 1. The van der Waals surface area contributed by atoms with Crippen molar-refractivity contribution in [2.75, 3.05) is 0 Å². The van der Waals surface area contributed by atoms with E-state index in [0.717, 1.165) is 6.42 Å². The fraction of sp³-hybridized carbons (Fsp3) is 0.857. The average molecular weight is 146 g/mol. The number of carbonyl (C=O) groups is 1. The Morgan fingerprint density at radius 1 is 1.60 bits per heavy atom. The van der Waals surface area contributed by atoms with Gasteiger partial charge >= 0.3 is 5.97 Å². The molecule has 0 spiro atoms. The Kier molecular flexibility index (Phi) is 4.94. The van der Waals surface area contributed by atoms with E-state index in [1.165, 1.54) is 0 Å². The van der Waals surface area contributed by atoms with E-state index in [1.807, 2.05) is 6.92 Å². The van der Waals surface area contributed by atoms with Crippen LogP contribution in [0.2, 0.25) is 0 Å². The first-order valence-corrected chi connectivity index (χ1v) is 3.58. The molecule has 0 rings (SSSR count). The summed E-state index contributed by atoms with van der Waals surface area (Å²) in [6, 6.07) is 0. The van der Waals surface area contributed by atoms with Crippen LogP contribution in [0.25, 0.3) is 0 Å². The zero-order valence-corrected chi connectivity index (χ0v) is 6.46. The summed E-state index contributed by atoms with van der Waals surface area (Å²) in [6.07, 6.45) is 0.752. The van der Waals surface area contributed by atoms with Crippen LogP contribution in [0.15, 0.2) is 0 Å². The number of hydrogen-bond acceptors (Lipinski definition) is 3. The molecular formula is C7H14O3. The summed E-state index contributed by atoms with van der Waals surface area (Å²) in [5.74, 6) is -0.346. The van der Waals surface area contributed by atoms with Gasteiger partial charge in [0.1, 0.15) is 0 Å². The lowest BCUT2D eigenvalue weighted by atomic mass is 10.3. The maximum absolute atomic E-state index is 10.5. The highest BCUT2D eigenvalue weighted by Crippen LogP contribution is 1.99. The van der Waals surface area contributed by atoms with Gasteiger partial charge in [0.25, 0.3) is 0 Å². The first-order chi connectivity index (χ1) is 4.70. The monoisotopic (exact) mass is 146 g/mol. The SMILES string of the molecule is CCCC(O)OC(=O)CC. The highest BCUT2D eigenvalue weighted by Gasteiger charge is 2.06. The topological polar surface area (TPSA) is 46.5 Å². The lowest BCUT2D eigenvalue weighted by molar-refractivity contribution is -0.168. The van der Waals surface area contributed by atoms with Gasteiger partial charge in [-0.3, -0.25) is 4.79 Å². The highest BCUT2D eigenvalue weighted by molar-refractivity contribution is 5.68. The molecule has 0 amide bonds. The van der Waals surface area contributed by atoms with Gasteiger partial charge in [0.15, 0.2) is 0 Å². The van der Waals surface area contributed by atoms with Crippen molar-refractivity contribution >= 4 is 5.97 Å². The molecule has 0 heterocycles. The first-order valence-electron chi connectivity index (χ1n) is 3.58. The van der Waals surface area contributed by atoms with E-state index in [0.29, 0.717) is 12.8 Å². The second kappa shape index (κ2) is 5.23. The molecule has 0 aromatic heterocycles. The van der Waals surface area contributed by atoms with E-state index in [-0.39, 0.29) is 5.97 Å². The van der Waals surface area contributed by atoms with Gasteiger partial charge in [-0.25, -0.2) is 0 Å². The molecule has 0 radical (unpaired) electrons. The molecule has 0 aliphatic carbocycles. The predicted molar refractivity (Wildman–Crippen MR) is 37.3 cm³/mol. The molecule has 10 heavy (non-hydrogen) atoms. The van der Waals surface area contributed by atoms with Gasteiger partial charge in [0.05, 0.1) is 0 Å². The quantitative estimate of drug-likeness (QED) is 0.476. The molecule has 0 saturated heterocycles. The first kappa shape index (κ1) is 9.43. The standard InChI is InChI=1S/C7H14O3/c1-3-5-7(9)10-6(8)4-2/h7,9H,3-5H2,1-2H3. The van der Waals surface area contributed by atoms with Crippen molar-refractivity contribution in [3.63, 3.8) is 0 Å². The zero-order valence-electron chi connectivity index (χ0n) is 6.46. The van der Waals surface area contributed by atoms with Crippen LogP contribution in [-0.2, 0) is 9.53 Å². The van der Waals surface area contributed by atoms with Crippen LogP contribution in [0.4, 0.5) is 0 Å². The van der Waals surface area contributed by atoms with Crippen molar-refractivity contribution < 1.29 is 14.6 Å². The van der Waals surface area contributed by atoms with Crippen molar-refractivity contribution in [2.24, 2.45) is 0 Å². The maximum Gasteiger partial charge on any atom is 0.307 e. The minimum atomic E-state index is -0.905. The number of ether oxygens (including phenoxy) is 1. The fourth-order valence-electron chi connectivity index (χ4n) is 0.541. The van der Waals surface area contributed by atoms with Crippen LogP contribution >= 0.6 is 0 Å². The molecule has 3 heteroatoms. The van der Waals surface area contributed by atoms with E-state index in [2.05, 4.69) is 4.74 Å². The Labute approximate surface area is 61.0 Å². The van der Waals surface area contributed by atoms with Crippen LogP contribution in [0.1, 0.15) is 33.1 Å². The molecule has 0 aliphatic heterocycles. The Bertz CT molecular complexity index is 101. The number of hydrogen-bond donors (Lipinski definition) is 1. The predicted octanol–water partition coefficient (Wildman–Crippen LogP) is 1.06. The Balaban J connectivity index is 3.37. The van der Waals surface area contributed by atoms with Gasteiger partial charge < -0.3 is 9.84 Å². The minimum absolute atomic E-state index is 0.320. The van der Waals surface area contributed by atoms with Gasteiger partial charge in [-0.1, -0.05) is 20.3 Å². The minimum Gasteiger partial charge on any atom is -0.436 e. The summed E-state index contributed by atoms with van der Waals surface area (Å²) in [5, 5.41) is 8.91. The molecule has 0 saturated carbocycles. The third-order valence-corrected chi connectivity index (χ3v) is 1.09. The summed E-state index contributed by atoms with van der Waals surface area (Å²) < 4.78 is 4.56. The smallest absolute Gasteiger partial charge is 0.307 e. The lowest BCUT2D eigenvalue weighted by Gasteiger charge is -2.08. The molecule has 0 aromatic rings. The van der Waals surface area contributed by atoms with Gasteiger partial charge in [-0.2, -0.15) is 0 Å². The summed E-state index contributed by atoms with van der Waals surface area (Å²) in [5.41, 5.74) is 0. The van der Waals surface area contributed by atoms with Crippen molar-refractivity contribution in [1.29, 1.82) is 0 Å². The lowest BCUT2D eigenvalue weighted by Crippen LogP contribution is -2.16. The summed E-state index contributed by atoms with van der Waals surface area (Å²) in [6.45, 7) is 3.62. The fourth-order valence-corrected chi connectivity index (χ4v) is 0.541. The highest BCUT2D eigenvalue weighted by atomic mass is 16.6. The number of rotatable bonds is 4. The molecule has 1 N–H and O–H groups in total. The largest absolute Gasteiger partial charge is 0.436 e. The van der Waals surface area contributed by atoms with Gasteiger partial charge in [-0.05, 0) is 0 Å². The molecule has 0 fully saturated rings. The molecule has 1 atom stereocenters. The van der Waals surface area contributed by atoms with E-state index < -0.39 is 6.29 Å². The second-order valence-corrected chi connectivity index (χ2v) is 2.09. The van der Waals surface area contributed by atoms with E-state index in [9.17, 15) is 4.79 Å². The average Bonchev–Trinajstić information content (AvgIpc) is 1.88. The normalized spacial score (nSPS) is 12.7. The molecule has 0 bridgehead atoms. The van der Waals surface area contributed by atoms with Crippen LogP contribution in [-0.4, -0.2) is 17.4 Å². The number of aliphatic hydroxyl groups is 1. The van der Waals surface area contributed by atoms with Crippen molar-refractivity contribution in [3.05, 3.63) is 0 Å². The third-order valence-electron chi connectivity index (χ3n) is 1.09. The summed E-state index contributed by atoms with van der Waals surface area (Å²) in [4.78, 5) is 10.5. The third kappa shape index (κ3) is 4.32. The summed E-state index contributed by atoms with van der Waals surface area (Å²) >= 11 is 0. The maximum atomic E-state index is 10.5. The van der Waals surface area contributed by atoms with E-state index in [1.54, 1.807) is 6.92 Å². The van der Waals surface area contributed by atoms with Crippen molar-refractivity contribution in [2.45, 2.75) is 39.4 Å². The molecule has 0 aliphatic rings. The molecule has 60 valence electrons. The molecule has 0 aromatic carbocycles. The van der Waals surface area contributed by atoms with Crippen LogP contribution in [0.5, 0.6) is 0 Å². The Morgan fingerprint density at radius 3 is 2.60 bits per heavy atom. The Hall–Kier alpha value is -0.570. The summed E-state index contributed by atoms with van der Waals surface area (Å²) in [7, 11) is 0. The van der Waals surface area contributed by atoms with Crippen LogP contribution in [0.3, 0.4) is 0 Å². The van der Waals surface area contributed by atoms with Crippen molar-refractivity contribution in [3.8, 4) is 0 Å². The zero-order chi connectivity index (χ0) is 7.98. The molecular weight excluding hydrogens is 132 g/mol. The van der Waals surface area contributed by atoms with Crippen molar-refractivity contribution in [1.82, 2.24) is 0 Å². The number of aliphatic hydroxyl groups excluding tert-OH is 1. The van der Waals surface area contributed by atoms with Gasteiger partial charge in [0, 0.05) is 12.8 Å². The van der Waals surface area contributed by atoms with Crippen LogP contribution in [0, 0.1) is 0 Å². The number of esters is 1. The second-order valence-electron chi connectivity index (χ2n) is 2.09.